The zero-order chi connectivity index (χ0) is 33.5. The Morgan fingerprint density at radius 1 is 0.854 bits per heavy atom. The molecule has 3 radical (unpaired) electrons. The maximum atomic E-state index is 12.8. The van der Waals surface area contributed by atoms with E-state index in [1.54, 1.807) is 0 Å². The van der Waals surface area contributed by atoms with E-state index < -0.39 is 90.8 Å². The van der Waals surface area contributed by atoms with Crippen molar-refractivity contribution >= 4 is 176 Å². The van der Waals surface area contributed by atoms with Crippen molar-refractivity contribution in [2.45, 2.75) is 27.7 Å². The minimum absolute atomic E-state index is 0. The average Bonchev–Trinajstić information content (AvgIpc) is 2.93. The molecule has 17 nitrogen and oxygen atoms in total. The van der Waals surface area contributed by atoms with Crippen molar-refractivity contribution in [1.82, 2.24) is 9.78 Å². The summed E-state index contributed by atoms with van der Waals surface area (Å²) in [5, 5.41) is 23.2. The zero-order valence-electron chi connectivity index (χ0n) is 24.9. The fraction of sp³-hybridized carbons (Fsp3) is 0.0870. The number of nitrogens with one attached hydrogen (secondary N) is 1. The van der Waals surface area contributed by atoms with Crippen molar-refractivity contribution in [2.24, 2.45) is 10.2 Å². The van der Waals surface area contributed by atoms with Crippen LogP contribution in [-0.4, -0.2) is 148 Å². The number of anilines is 1. The Kier molecular flexibility index (Phi) is 16.4. The molecule has 48 heavy (non-hydrogen) atoms. The number of aromatic hydroxyl groups is 1. The molecule has 0 saturated carbocycles. The van der Waals surface area contributed by atoms with E-state index in [-0.39, 0.29) is 111 Å². The van der Waals surface area contributed by atoms with Crippen LogP contribution in [0.1, 0.15) is 6.42 Å². The van der Waals surface area contributed by atoms with Crippen molar-refractivity contribution in [1.29, 1.82) is 0 Å². The molecule has 0 aliphatic carbocycles. The molecule has 25 heteroatoms. The Hall–Kier alpha value is -1.02. The zero-order valence-corrected chi connectivity index (χ0v) is 34.8. The van der Waals surface area contributed by atoms with Crippen LogP contribution >= 0.6 is 23.2 Å². The molecule has 3 aromatic carbocycles. The second-order valence-electron chi connectivity index (χ2n) is 8.89. The molecule has 0 fully saturated rings. The maximum absolute atomic E-state index is 12.8. The fourth-order valence-electron chi connectivity index (χ4n) is 3.82. The summed E-state index contributed by atoms with van der Waals surface area (Å²) in [4.78, 5) is 22.6. The van der Waals surface area contributed by atoms with E-state index in [2.05, 4.69) is 20.6 Å². The summed E-state index contributed by atoms with van der Waals surface area (Å²) < 4.78 is 100. The molecule has 0 spiro atoms. The van der Waals surface area contributed by atoms with E-state index in [9.17, 15) is 49.1 Å². The van der Waals surface area contributed by atoms with Gasteiger partial charge in [-0.2, -0.15) is 35.5 Å². The molecule has 0 aliphatic rings. The number of aromatic nitrogens is 2. The predicted octanol–water partition coefficient (Wildman–Crippen LogP) is 2.45. The number of phenols is 1. The van der Waals surface area contributed by atoms with Gasteiger partial charge in [0.25, 0.3) is 35.9 Å². The third-order valence-electron chi connectivity index (χ3n) is 5.87. The van der Waals surface area contributed by atoms with Crippen molar-refractivity contribution in [3.05, 3.63) is 69.1 Å². The molecular weight excluding hydrogens is 774 g/mol. The fourth-order valence-corrected chi connectivity index (χ4v) is 5.77. The number of halogens is 2. The van der Waals surface area contributed by atoms with Crippen LogP contribution in [0.4, 0.5) is 17.1 Å². The van der Waals surface area contributed by atoms with Crippen LogP contribution in [0.5, 0.6) is 5.75 Å². The number of phenolic OH excluding ortho intramolecular Hbond substituents is 1. The number of hydrogen-bond acceptors (Lipinski definition) is 12. The van der Waals surface area contributed by atoms with Gasteiger partial charge >= 0.3 is 0 Å². The molecule has 5 N–H and O–H groups in total. The van der Waals surface area contributed by atoms with Gasteiger partial charge in [-0.15, -0.1) is 5.11 Å². The van der Waals surface area contributed by atoms with Crippen LogP contribution in [0.2, 0.25) is 10.0 Å². The second kappa shape index (κ2) is 17.5. The molecule has 0 bridgehead atoms. The Morgan fingerprint density at radius 3 is 1.98 bits per heavy atom. The quantitative estimate of drug-likeness (QED) is 0.0927. The molecule has 4 aromatic rings. The van der Waals surface area contributed by atoms with Gasteiger partial charge in [-0.05, 0) is 47.9 Å². The molecular formula is C23H17Cl2N5Na3O12S3. The van der Waals surface area contributed by atoms with Crippen molar-refractivity contribution in [3.8, 4) is 5.75 Å². The Balaban J connectivity index is 0.00000384. The van der Waals surface area contributed by atoms with Crippen LogP contribution < -0.4 is 10.9 Å². The number of aryl methyl sites for hydroxylation is 1. The van der Waals surface area contributed by atoms with Crippen LogP contribution in [0.25, 0.3) is 10.8 Å². The van der Waals surface area contributed by atoms with Gasteiger partial charge in [0.2, 0.25) is 5.91 Å². The molecule has 1 amide bonds. The summed E-state index contributed by atoms with van der Waals surface area (Å²) in [6.07, 6.45) is 0.592. The van der Waals surface area contributed by atoms with Crippen molar-refractivity contribution in [3.63, 3.8) is 0 Å². The number of amides is 1. The van der Waals surface area contributed by atoms with Crippen LogP contribution in [0.15, 0.2) is 78.4 Å². The average molecular weight is 791 g/mol. The molecule has 4 rings (SSSR count). The van der Waals surface area contributed by atoms with E-state index in [0.29, 0.717) is 6.07 Å². The first-order valence-electron chi connectivity index (χ1n) is 11.8. The summed E-state index contributed by atoms with van der Waals surface area (Å²) >= 11 is 11.5. The van der Waals surface area contributed by atoms with Crippen LogP contribution in [-0.2, 0) is 41.7 Å². The summed E-state index contributed by atoms with van der Waals surface area (Å²) in [6.45, 7) is -0.341. The smallest absolute Gasteiger partial charge is 0.296 e. The summed E-state index contributed by atoms with van der Waals surface area (Å²) in [5.41, 5.74) is -2.28. The van der Waals surface area contributed by atoms with Gasteiger partial charge < -0.3 is 10.4 Å². The maximum Gasteiger partial charge on any atom is 0.296 e. The van der Waals surface area contributed by atoms with Crippen LogP contribution in [0, 0.1) is 0 Å². The SMILES string of the molecule is O=C(CCn1ncc(Cl)c(Cl)c1=O)Nc1cc(S(=O)(=O)O)cc2cc(S(=O)(=O)O)c(N=Nc3ccc(S(=O)(=O)O)cc3)c(O)c12.[Na].[Na].[Na]. The van der Waals surface area contributed by atoms with Gasteiger partial charge in [-0.25, -0.2) is 4.68 Å². The third kappa shape index (κ3) is 10.7. The van der Waals surface area contributed by atoms with E-state index in [1.165, 1.54) is 0 Å². The number of hydrogen-bond donors (Lipinski definition) is 5. The summed E-state index contributed by atoms with van der Waals surface area (Å²) in [5.74, 6) is -1.91. The summed E-state index contributed by atoms with van der Waals surface area (Å²) in [7, 11) is -14.7. The van der Waals surface area contributed by atoms with E-state index in [0.717, 1.165) is 47.3 Å². The predicted molar refractivity (Wildman–Crippen MR) is 175 cm³/mol. The van der Waals surface area contributed by atoms with Gasteiger partial charge in [0.05, 0.1) is 38.9 Å². The molecule has 0 aliphatic heterocycles. The van der Waals surface area contributed by atoms with Crippen molar-refractivity contribution < 1.29 is 48.8 Å². The van der Waals surface area contributed by atoms with Crippen molar-refractivity contribution in [2.75, 3.05) is 5.32 Å². The summed E-state index contributed by atoms with van der Waals surface area (Å²) in [6, 6.07) is 6.18. The van der Waals surface area contributed by atoms with Gasteiger partial charge in [-0.3, -0.25) is 23.2 Å². The van der Waals surface area contributed by atoms with Gasteiger partial charge in [0.1, 0.15) is 15.6 Å². The van der Waals surface area contributed by atoms with Gasteiger partial charge in [0.15, 0.2) is 5.75 Å². The first-order chi connectivity index (χ1) is 20.8. The first-order valence-corrected chi connectivity index (χ1v) is 16.8. The first kappa shape index (κ1) is 45.0. The number of nitrogens with zero attached hydrogens (tertiary/aromatic N) is 4. The minimum Gasteiger partial charge on any atom is -0.505 e. The van der Waals surface area contributed by atoms with Gasteiger partial charge in [-0.1, -0.05) is 23.2 Å². The third-order valence-corrected chi connectivity index (χ3v) is 9.18. The number of benzene rings is 3. The molecule has 241 valence electrons. The number of azo groups is 1. The van der Waals surface area contributed by atoms with E-state index in [1.807, 2.05) is 0 Å². The molecule has 1 aromatic heterocycles. The van der Waals surface area contributed by atoms with Crippen LogP contribution in [0.3, 0.4) is 0 Å². The normalized spacial score (nSPS) is 11.8. The molecule has 0 saturated heterocycles. The topological polar surface area (TPSA) is 272 Å². The Morgan fingerprint density at radius 2 is 1.44 bits per heavy atom. The second-order valence-corrected chi connectivity index (χ2v) is 13.9. The molecule has 0 atom stereocenters. The Labute approximate surface area is 348 Å². The van der Waals surface area contributed by atoms with Gasteiger partial charge in [0, 0.05) is 100 Å². The number of carbonyl (C=O) groups is 1. The molecule has 0 unspecified atom stereocenters. The molecule has 1 heterocycles. The number of carbonyl (C=O) groups excluding carboxylic acids is 1. The monoisotopic (exact) mass is 790 g/mol. The largest absolute Gasteiger partial charge is 0.505 e. The number of fused-ring (bicyclic) bond motifs is 1. The number of rotatable bonds is 9. The Bertz CT molecular complexity index is 2310. The minimum atomic E-state index is -5.20. The van der Waals surface area contributed by atoms with E-state index in [4.69, 9.17) is 27.8 Å². The standard InChI is InChI=1S/C23H17Cl2N5O12S3.3Na/c24-15-10-26-30(23(33)20(15)25)6-5-18(31)27-16-9-14(44(37,38)39)7-11-8-17(45(40,41)42)21(22(32)19(11)16)29-28-12-1-3-13(4-2-12)43(34,35)36;;;/h1-4,7-10,32H,5-6H2,(H,27,31)(H,34,35,36)(H,37,38,39)(H,40,41,42);;;. The van der Waals surface area contributed by atoms with E-state index >= 15 is 0 Å².